The molecule has 1 saturated carbocycles. The van der Waals surface area contributed by atoms with Gasteiger partial charge in [0.2, 0.25) is 0 Å². The molecule has 0 bridgehead atoms. The molecule has 1 spiro atoms. The van der Waals surface area contributed by atoms with E-state index in [1.54, 1.807) is 6.07 Å². The second-order valence-electron chi connectivity index (χ2n) is 9.14. The Bertz CT molecular complexity index is 791. The zero-order chi connectivity index (χ0) is 21.5. The van der Waals surface area contributed by atoms with Crippen molar-refractivity contribution in [2.24, 2.45) is 11.8 Å². The highest BCUT2D eigenvalue weighted by Gasteiger charge is 2.57. The molecule has 8 heteroatoms. The molecule has 2 unspecified atom stereocenters. The van der Waals surface area contributed by atoms with Crippen molar-refractivity contribution in [2.75, 3.05) is 19.7 Å². The fourth-order valence-corrected chi connectivity index (χ4v) is 5.42. The lowest BCUT2D eigenvalue weighted by atomic mass is 9.64. The number of carbonyl (C=O) groups is 1. The Morgan fingerprint density at radius 2 is 2.13 bits per heavy atom. The minimum absolute atomic E-state index is 0.00196. The van der Waals surface area contributed by atoms with Crippen LogP contribution in [0.4, 0.5) is 9.18 Å². The number of carbonyl (C=O) groups excluding carboxylic acids is 1. The Labute approximate surface area is 181 Å². The number of benzene rings is 1. The molecule has 2 saturated heterocycles. The number of piperidine rings is 1. The van der Waals surface area contributed by atoms with Crippen molar-refractivity contribution in [3.8, 4) is 5.75 Å². The fraction of sp³-hybridized carbons (Fsp3) is 0.682. The van der Waals surface area contributed by atoms with Crippen molar-refractivity contribution in [2.45, 2.75) is 63.3 Å². The standard InChI is InChI=1S/C22H30ClFN2O4/c1-3-18(30-19-5-4-16(24)10-17(19)23)14-6-8-26(9-7-14)21(2,28)15-11-22(12-15)13-29-20(27)25-22/h4-5,10,14-15,18,28H,3,6-9,11-13H2,1-2H3,(H,25,27)/t15-,18?,21?,22+. The molecule has 0 radical (unpaired) electrons. The first-order valence-electron chi connectivity index (χ1n) is 10.8. The molecular formula is C22H30ClFN2O4. The molecule has 1 aromatic rings. The van der Waals surface area contributed by atoms with Crippen LogP contribution in [-0.4, -0.2) is 53.2 Å². The lowest BCUT2D eigenvalue weighted by Gasteiger charge is -2.54. The quantitative estimate of drug-likeness (QED) is 0.701. The number of ether oxygens (including phenoxy) is 2. The third kappa shape index (κ3) is 4.12. The molecule has 2 heterocycles. The molecule has 166 valence electrons. The van der Waals surface area contributed by atoms with E-state index in [0.717, 1.165) is 45.2 Å². The van der Waals surface area contributed by atoms with E-state index >= 15 is 0 Å². The van der Waals surface area contributed by atoms with Gasteiger partial charge in [-0.25, -0.2) is 9.18 Å². The first kappa shape index (κ1) is 21.7. The van der Waals surface area contributed by atoms with Crippen LogP contribution >= 0.6 is 11.6 Å². The maximum atomic E-state index is 13.3. The molecular weight excluding hydrogens is 411 g/mol. The maximum absolute atomic E-state index is 13.3. The van der Waals surface area contributed by atoms with Gasteiger partial charge in [0, 0.05) is 19.0 Å². The van der Waals surface area contributed by atoms with Gasteiger partial charge in [-0.1, -0.05) is 18.5 Å². The molecule has 1 aromatic carbocycles. The van der Waals surface area contributed by atoms with Crippen LogP contribution in [0.1, 0.15) is 46.0 Å². The molecule has 4 rings (SSSR count). The highest BCUT2D eigenvalue weighted by Crippen LogP contribution is 2.47. The first-order chi connectivity index (χ1) is 14.2. The van der Waals surface area contributed by atoms with E-state index in [1.165, 1.54) is 12.1 Å². The highest BCUT2D eigenvalue weighted by atomic mass is 35.5. The van der Waals surface area contributed by atoms with Gasteiger partial charge in [-0.2, -0.15) is 0 Å². The molecule has 1 amide bonds. The molecule has 1 aliphatic carbocycles. The lowest BCUT2D eigenvalue weighted by Crippen LogP contribution is -2.65. The fourth-order valence-electron chi connectivity index (χ4n) is 5.21. The van der Waals surface area contributed by atoms with Gasteiger partial charge in [-0.05, 0) is 63.1 Å². The van der Waals surface area contributed by atoms with Gasteiger partial charge in [0.05, 0.1) is 10.6 Å². The van der Waals surface area contributed by atoms with E-state index in [1.807, 2.05) is 6.92 Å². The first-order valence-corrected chi connectivity index (χ1v) is 11.1. The second kappa shape index (κ2) is 8.17. The van der Waals surface area contributed by atoms with Crippen molar-refractivity contribution < 1.29 is 23.8 Å². The van der Waals surface area contributed by atoms with Gasteiger partial charge in [-0.3, -0.25) is 4.90 Å². The maximum Gasteiger partial charge on any atom is 0.407 e. The summed E-state index contributed by atoms with van der Waals surface area (Å²) in [5.41, 5.74) is -1.20. The number of nitrogens with one attached hydrogen (secondary N) is 1. The number of amides is 1. The Morgan fingerprint density at radius 1 is 1.43 bits per heavy atom. The number of hydrogen-bond donors (Lipinski definition) is 2. The summed E-state index contributed by atoms with van der Waals surface area (Å²) in [6.45, 7) is 5.91. The summed E-state index contributed by atoms with van der Waals surface area (Å²) in [6.07, 6.45) is 3.75. The Kier molecular flexibility index (Phi) is 5.90. The largest absolute Gasteiger partial charge is 0.489 e. The van der Waals surface area contributed by atoms with Crippen molar-refractivity contribution in [3.63, 3.8) is 0 Å². The van der Waals surface area contributed by atoms with E-state index in [0.29, 0.717) is 18.3 Å². The van der Waals surface area contributed by atoms with Gasteiger partial charge in [0.1, 0.15) is 30.0 Å². The predicted octanol–water partition coefficient (Wildman–Crippen LogP) is 3.95. The third-order valence-electron chi connectivity index (χ3n) is 7.17. The number of aliphatic hydroxyl groups is 1. The van der Waals surface area contributed by atoms with Crippen molar-refractivity contribution in [3.05, 3.63) is 29.0 Å². The molecule has 0 aromatic heterocycles. The van der Waals surface area contributed by atoms with Crippen molar-refractivity contribution in [1.82, 2.24) is 10.2 Å². The average molecular weight is 441 g/mol. The number of likely N-dealkylation sites (tertiary alicyclic amines) is 1. The molecule has 3 fully saturated rings. The van der Waals surface area contributed by atoms with Crippen LogP contribution < -0.4 is 10.1 Å². The summed E-state index contributed by atoms with van der Waals surface area (Å²) < 4.78 is 24.5. The van der Waals surface area contributed by atoms with Crippen LogP contribution in [0.5, 0.6) is 5.75 Å². The summed E-state index contributed by atoms with van der Waals surface area (Å²) in [6, 6.07) is 4.21. The summed E-state index contributed by atoms with van der Waals surface area (Å²) in [5, 5.41) is 14.4. The minimum Gasteiger partial charge on any atom is -0.489 e. The van der Waals surface area contributed by atoms with Crippen LogP contribution in [-0.2, 0) is 4.74 Å². The van der Waals surface area contributed by atoms with Gasteiger partial charge in [0.25, 0.3) is 0 Å². The Balaban J connectivity index is 1.32. The summed E-state index contributed by atoms with van der Waals surface area (Å²) >= 11 is 6.13. The predicted molar refractivity (Wildman–Crippen MR) is 111 cm³/mol. The molecule has 6 nitrogen and oxygen atoms in total. The molecule has 30 heavy (non-hydrogen) atoms. The summed E-state index contributed by atoms with van der Waals surface area (Å²) in [4.78, 5) is 13.5. The van der Waals surface area contributed by atoms with E-state index in [2.05, 4.69) is 17.1 Å². The molecule has 2 aliphatic heterocycles. The SMILES string of the molecule is CCC(Oc1ccc(F)cc1Cl)C1CCN(C(C)(O)[C@H]2C[C@]3(COC(=O)N3)C2)CC1. The zero-order valence-corrected chi connectivity index (χ0v) is 18.3. The van der Waals surface area contributed by atoms with Gasteiger partial charge in [-0.15, -0.1) is 0 Å². The van der Waals surface area contributed by atoms with E-state index in [4.69, 9.17) is 21.1 Å². The van der Waals surface area contributed by atoms with Crippen LogP contribution in [0.15, 0.2) is 18.2 Å². The van der Waals surface area contributed by atoms with Crippen molar-refractivity contribution in [1.29, 1.82) is 0 Å². The minimum atomic E-state index is -0.910. The summed E-state index contributed by atoms with van der Waals surface area (Å²) in [7, 11) is 0. The Hall–Kier alpha value is -1.57. The average Bonchev–Trinajstić information content (AvgIpc) is 3.09. The Morgan fingerprint density at radius 3 is 2.70 bits per heavy atom. The second-order valence-corrected chi connectivity index (χ2v) is 9.55. The number of cyclic esters (lactones) is 1. The van der Waals surface area contributed by atoms with E-state index < -0.39 is 5.72 Å². The van der Waals surface area contributed by atoms with E-state index in [-0.39, 0.29) is 34.5 Å². The summed E-state index contributed by atoms with van der Waals surface area (Å²) in [5.74, 6) is 0.586. The lowest BCUT2D eigenvalue weighted by molar-refractivity contribution is -0.183. The topological polar surface area (TPSA) is 71.0 Å². The third-order valence-corrected chi connectivity index (χ3v) is 7.47. The zero-order valence-electron chi connectivity index (χ0n) is 17.5. The number of alkyl carbamates (subject to hydrolysis) is 1. The monoisotopic (exact) mass is 440 g/mol. The number of halogens is 2. The molecule has 3 aliphatic rings. The van der Waals surface area contributed by atoms with Crippen LogP contribution in [0.3, 0.4) is 0 Å². The van der Waals surface area contributed by atoms with Crippen LogP contribution in [0.25, 0.3) is 0 Å². The van der Waals surface area contributed by atoms with Gasteiger partial charge >= 0.3 is 6.09 Å². The number of rotatable bonds is 6. The highest BCUT2D eigenvalue weighted by molar-refractivity contribution is 6.32. The molecule has 2 N–H and O–H groups in total. The van der Waals surface area contributed by atoms with Crippen LogP contribution in [0.2, 0.25) is 5.02 Å². The number of hydrogen-bond acceptors (Lipinski definition) is 5. The smallest absolute Gasteiger partial charge is 0.407 e. The van der Waals surface area contributed by atoms with Gasteiger partial charge in [0.15, 0.2) is 0 Å². The van der Waals surface area contributed by atoms with E-state index in [9.17, 15) is 14.3 Å². The van der Waals surface area contributed by atoms with Crippen LogP contribution in [0, 0.1) is 17.7 Å². The van der Waals surface area contributed by atoms with Crippen molar-refractivity contribution >= 4 is 17.7 Å². The normalized spacial score (nSPS) is 30.3. The van der Waals surface area contributed by atoms with Gasteiger partial charge < -0.3 is 19.9 Å². The number of nitrogens with zero attached hydrogens (tertiary/aromatic N) is 1. The molecule has 2 atom stereocenters.